The van der Waals surface area contributed by atoms with Crippen molar-refractivity contribution in [2.24, 2.45) is 11.7 Å². The fourth-order valence-corrected chi connectivity index (χ4v) is 3.24. The minimum atomic E-state index is -4.59. The Morgan fingerprint density at radius 1 is 1.26 bits per heavy atom. The minimum absolute atomic E-state index is 0.0130. The number of hydrogen-bond donors (Lipinski definition) is 1. The third kappa shape index (κ3) is 4.92. The first kappa shape index (κ1) is 19.9. The van der Waals surface area contributed by atoms with Gasteiger partial charge in [0.05, 0.1) is 10.5 Å². The number of aryl methyl sites for hydroxylation is 1. The van der Waals surface area contributed by atoms with Gasteiger partial charge in [0.15, 0.2) is 0 Å². The van der Waals surface area contributed by atoms with Crippen LogP contribution in [0.25, 0.3) is 0 Å². The first-order valence-electron chi connectivity index (χ1n) is 7.27. The van der Waals surface area contributed by atoms with E-state index in [0.717, 1.165) is 4.31 Å². The molecule has 0 bridgehead atoms. The molecular weight excluding hydrogens is 329 g/mol. The maximum atomic E-state index is 12.9. The molecule has 8 heteroatoms. The summed E-state index contributed by atoms with van der Waals surface area (Å²) < 4.78 is 64.7. The smallest absolute Gasteiger partial charge is 0.327 e. The number of hydrogen-bond acceptors (Lipinski definition) is 3. The summed E-state index contributed by atoms with van der Waals surface area (Å²) in [4.78, 5) is -0.365. The summed E-state index contributed by atoms with van der Waals surface area (Å²) in [6.07, 6.45) is -4.15. The quantitative estimate of drug-likeness (QED) is 0.856. The van der Waals surface area contributed by atoms with E-state index in [1.165, 1.54) is 26.1 Å². The lowest BCUT2D eigenvalue weighted by Gasteiger charge is -2.22. The van der Waals surface area contributed by atoms with Crippen LogP contribution in [0.4, 0.5) is 13.2 Å². The van der Waals surface area contributed by atoms with E-state index >= 15 is 0 Å². The normalized spacial score (nSPS) is 14.5. The molecule has 0 saturated carbocycles. The Morgan fingerprint density at radius 2 is 1.83 bits per heavy atom. The monoisotopic (exact) mass is 352 g/mol. The van der Waals surface area contributed by atoms with Crippen molar-refractivity contribution in [3.63, 3.8) is 0 Å². The van der Waals surface area contributed by atoms with Crippen molar-refractivity contribution in [2.45, 2.75) is 44.3 Å². The van der Waals surface area contributed by atoms with E-state index in [9.17, 15) is 21.6 Å². The summed E-state index contributed by atoms with van der Waals surface area (Å²) in [5.74, 6) is 0.197. The van der Waals surface area contributed by atoms with Crippen LogP contribution in [0, 0.1) is 12.8 Å². The van der Waals surface area contributed by atoms with Gasteiger partial charge in [0.1, 0.15) is 0 Å². The van der Waals surface area contributed by atoms with Gasteiger partial charge in [-0.1, -0.05) is 19.9 Å². The van der Waals surface area contributed by atoms with E-state index < -0.39 is 21.8 Å². The summed E-state index contributed by atoms with van der Waals surface area (Å²) in [6, 6.07) is 2.88. The number of sulfonamides is 1. The zero-order valence-electron chi connectivity index (χ0n) is 13.7. The molecule has 0 saturated heterocycles. The molecule has 1 aromatic rings. The maximum Gasteiger partial charge on any atom is 0.416 e. The Hall–Kier alpha value is -1.12. The van der Waals surface area contributed by atoms with Crippen molar-refractivity contribution in [3.8, 4) is 0 Å². The number of nitrogens with zero attached hydrogens (tertiary/aromatic N) is 1. The second-order valence-corrected chi connectivity index (χ2v) is 8.04. The molecule has 2 N–H and O–H groups in total. The summed E-state index contributed by atoms with van der Waals surface area (Å²) in [5.41, 5.74) is 4.93. The highest BCUT2D eigenvalue weighted by molar-refractivity contribution is 7.89. The van der Waals surface area contributed by atoms with Crippen LogP contribution in [0.15, 0.2) is 23.1 Å². The fraction of sp³-hybridized carbons (Fsp3) is 0.600. The van der Waals surface area contributed by atoms with E-state index in [4.69, 9.17) is 5.73 Å². The number of rotatable bonds is 6. The standard InChI is InChI=1S/C15H23F3N2O2S/c1-10(2)14(19)7-8-20(4)23(21,22)12-6-5-11(3)13(9-12)15(16,17)18/h5-6,9-10,14H,7-8,19H2,1-4H3. The summed E-state index contributed by atoms with van der Waals surface area (Å²) >= 11 is 0. The van der Waals surface area contributed by atoms with E-state index in [2.05, 4.69) is 0 Å². The van der Waals surface area contributed by atoms with E-state index in [0.29, 0.717) is 12.5 Å². The third-order valence-corrected chi connectivity index (χ3v) is 5.71. The lowest BCUT2D eigenvalue weighted by atomic mass is 10.0. The summed E-state index contributed by atoms with van der Waals surface area (Å²) in [7, 11) is -2.64. The Labute approximate surface area is 135 Å². The Kier molecular flexibility index (Phi) is 6.23. The zero-order valence-corrected chi connectivity index (χ0v) is 14.5. The Balaban J connectivity index is 3.05. The molecule has 23 heavy (non-hydrogen) atoms. The molecule has 1 atom stereocenters. The molecule has 132 valence electrons. The van der Waals surface area contributed by atoms with Crippen LogP contribution < -0.4 is 5.73 Å². The van der Waals surface area contributed by atoms with Gasteiger partial charge >= 0.3 is 6.18 Å². The first-order valence-corrected chi connectivity index (χ1v) is 8.71. The van der Waals surface area contributed by atoms with Crippen molar-refractivity contribution in [1.29, 1.82) is 0 Å². The molecule has 0 aliphatic heterocycles. The van der Waals surface area contributed by atoms with E-state index in [-0.39, 0.29) is 29.0 Å². The minimum Gasteiger partial charge on any atom is -0.327 e. The number of halogens is 3. The molecule has 4 nitrogen and oxygen atoms in total. The average Bonchev–Trinajstić information content (AvgIpc) is 2.42. The van der Waals surface area contributed by atoms with Gasteiger partial charge in [0.25, 0.3) is 0 Å². The van der Waals surface area contributed by atoms with Crippen molar-refractivity contribution >= 4 is 10.0 Å². The third-order valence-electron chi connectivity index (χ3n) is 3.86. The molecule has 0 fully saturated rings. The van der Waals surface area contributed by atoms with Crippen LogP contribution in [-0.2, 0) is 16.2 Å². The Bertz CT molecular complexity index is 643. The molecule has 0 aromatic heterocycles. The van der Waals surface area contributed by atoms with Crippen molar-refractivity contribution in [1.82, 2.24) is 4.31 Å². The zero-order chi connectivity index (χ0) is 18.0. The summed E-state index contributed by atoms with van der Waals surface area (Å²) in [5, 5.41) is 0. The van der Waals surface area contributed by atoms with Gasteiger partial charge < -0.3 is 5.73 Å². The fourth-order valence-electron chi connectivity index (χ4n) is 2.03. The highest BCUT2D eigenvalue weighted by atomic mass is 32.2. The maximum absolute atomic E-state index is 12.9. The summed E-state index contributed by atoms with van der Waals surface area (Å²) in [6.45, 7) is 5.30. The molecule has 0 amide bonds. The van der Waals surface area contributed by atoms with E-state index in [1.54, 1.807) is 0 Å². The van der Waals surface area contributed by atoms with Crippen molar-refractivity contribution < 1.29 is 21.6 Å². The number of benzene rings is 1. The molecule has 0 radical (unpaired) electrons. The van der Waals surface area contributed by atoms with E-state index in [1.807, 2.05) is 13.8 Å². The molecule has 0 spiro atoms. The van der Waals surface area contributed by atoms with Gasteiger partial charge in [-0.05, 0) is 37.0 Å². The number of alkyl halides is 3. The van der Waals surface area contributed by atoms with Gasteiger partial charge in [-0.2, -0.15) is 13.2 Å². The molecule has 1 aromatic carbocycles. The second kappa shape index (κ2) is 7.19. The van der Waals surface area contributed by atoms with Gasteiger partial charge in [0.2, 0.25) is 10.0 Å². The van der Waals surface area contributed by atoms with Gasteiger partial charge in [-0.15, -0.1) is 0 Å². The highest BCUT2D eigenvalue weighted by Gasteiger charge is 2.34. The van der Waals surface area contributed by atoms with Gasteiger partial charge in [-0.3, -0.25) is 0 Å². The molecule has 1 unspecified atom stereocenters. The molecule has 0 aliphatic rings. The second-order valence-electron chi connectivity index (χ2n) is 6.00. The van der Waals surface area contributed by atoms with Crippen LogP contribution >= 0.6 is 0 Å². The van der Waals surface area contributed by atoms with Crippen molar-refractivity contribution in [2.75, 3.05) is 13.6 Å². The SMILES string of the molecule is Cc1ccc(S(=O)(=O)N(C)CCC(N)C(C)C)cc1C(F)(F)F. The van der Waals surface area contributed by atoms with Gasteiger partial charge in [-0.25, -0.2) is 12.7 Å². The molecule has 0 aliphatic carbocycles. The molecule has 1 rings (SSSR count). The molecular formula is C15H23F3N2O2S. The van der Waals surface area contributed by atoms with Crippen LogP contribution in [-0.4, -0.2) is 32.4 Å². The largest absolute Gasteiger partial charge is 0.416 e. The predicted octanol–water partition coefficient (Wildman–Crippen LogP) is 3.01. The van der Waals surface area contributed by atoms with Gasteiger partial charge in [0, 0.05) is 19.6 Å². The van der Waals surface area contributed by atoms with Crippen LogP contribution in [0.3, 0.4) is 0 Å². The first-order chi connectivity index (χ1) is 10.4. The lowest BCUT2D eigenvalue weighted by molar-refractivity contribution is -0.138. The highest BCUT2D eigenvalue weighted by Crippen LogP contribution is 2.33. The topological polar surface area (TPSA) is 63.4 Å². The van der Waals surface area contributed by atoms with Crippen molar-refractivity contribution in [3.05, 3.63) is 29.3 Å². The van der Waals surface area contributed by atoms with Crippen LogP contribution in [0.2, 0.25) is 0 Å². The average molecular weight is 352 g/mol. The number of nitrogens with two attached hydrogens (primary N) is 1. The van der Waals surface area contributed by atoms with Crippen LogP contribution in [0.5, 0.6) is 0 Å². The lowest BCUT2D eigenvalue weighted by Crippen LogP contribution is -2.34. The predicted molar refractivity (Wildman–Crippen MR) is 83.4 cm³/mol. The molecule has 0 heterocycles. The Morgan fingerprint density at radius 3 is 2.30 bits per heavy atom. The van der Waals surface area contributed by atoms with Crippen LogP contribution in [0.1, 0.15) is 31.4 Å².